The van der Waals surface area contributed by atoms with Crippen molar-refractivity contribution in [3.63, 3.8) is 0 Å². The van der Waals surface area contributed by atoms with Crippen molar-refractivity contribution in [2.24, 2.45) is 0 Å². The van der Waals surface area contributed by atoms with Gasteiger partial charge in [0.2, 0.25) is 0 Å². The Morgan fingerprint density at radius 3 is 1.27 bits per heavy atom. The first-order chi connectivity index (χ1) is 26.9. The Hall–Kier alpha value is -4.34. The van der Waals surface area contributed by atoms with E-state index >= 15 is 0 Å². The van der Waals surface area contributed by atoms with Crippen molar-refractivity contribution in [3.05, 3.63) is 127 Å². The first kappa shape index (κ1) is 39.9. The standard InChI is InChI=1S/C54H58S2/c1-9-11-13-15-17-46-27-29-48(55-46)25-23-39-33-44(53(3,4)5)34-40(24-26-49-30-28-47(56-49)18-16-14-12-10-2)50(39)43-31-37-19-21-41-35-45(54(6,7)8)36-42-22-20-38(32-43)51(37)52(41)42/h19-22,27-36H,9-18H2,1-8H3. The van der Waals surface area contributed by atoms with Gasteiger partial charge in [-0.25, -0.2) is 0 Å². The third kappa shape index (κ3) is 9.10. The topological polar surface area (TPSA) is 0 Å². The molecule has 0 nitrogen and oxygen atoms in total. The molecule has 0 fully saturated rings. The van der Waals surface area contributed by atoms with Gasteiger partial charge >= 0.3 is 0 Å². The van der Waals surface area contributed by atoms with E-state index in [-0.39, 0.29) is 10.8 Å². The molecule has 0 unspecified atom stereocenters. The van der Waals surface area contributed by atoms with E-state index in [2.05, 4.69) is 164 Å². The Labute approximate surface area is 345 Å². The Kier molecular flexibility index (Phi) is 12.1. The van der Waals surface area contributed by atoms with Crippen molar-refractivity contribution in [3.8, 4) is 34.8 Å². The average Bonchev–Trinajstić information content (AvgIpc) is 3.83. The third-order valence-corrected chi connectivity index (χ3v) is 13.3. The molecule has 0 aliphatic rings. The SMILES string of the molecule is CCCCCCc1ccc(C#Cc2cc(C(C)(C)C)cc(C#Cc3ccc(CCCCCC)s3)c2-c2cc3ccc4cc(C(C)(C)C)cc5ccc(c2)c3c45)s1. The molecular weight excluding hydrogens is 713 g/mol. The lowest BCUT2D eigenvalue weighted by atomic mass is 9.81. The highest BCUT2D eigenvalue weighted by Crippen LogP contribution is 2.41. The minimum atomic E-state index is -0.0616. The molecule has 2 aromatic heterocycles. The van der Waals surface area contributed by atoms with Gasteiger partial charge in [0.25, 0.3) is 0 Å². The number of benzene rings is 5. The fourth-order valence-corrected chi connectivity index (χ4v) is 9.67. The number of aryl methyl sites for hydroxylation is 2. The van der Waals surface area contributed by atoms with Crippen LogP contribution in [0.15, 0.2) is 84.9 Å². The summed E-state index contributed by atoms with van der Waals surface area (Å²) in [4.78, 5) is 5.13. The fraction of sp³-hybridized carbons (Fsp3) is 0.370. The highest BCUT2D eigenvalue weighted by Gasteiger charge is 2.21. The lowest BCUT2D eigenvalue weighted by molar-refractivity contribution is 0.590. The lowest BCUT2D eigenvalue weighted by Gasteiger charge is -2.23. The fourth-order valence-electron chi connectivity index (χ4n) is 7.87. The van der Waals surface area contributed by atoms with Crippen molar-refractivity contribution in [1.82, 2.24) is 0 Å². The van der Waals surface area contributed by atoms with Gasteiger partial charge in [-0.15, -0.1) is 22.7 Å². The van der Waals surface area contributed by atoms with Crippen molar-refractivity contribution < 1.29 is 0 Å². The molecule has 0 N–H and O–H groups in total. The average molecular weight is 771 g/mol. The predicted molar refractivity (Wildman–Crippen MR) is 249 cm³/mol. The number of rotatable bonds is 11. The van der Waals surface area contributed by atoms with Gasteiger partial charge < -0.3 is 0 Å². The minimum Gasteiger partial charge on any atom is -0.132 e. The third-order valence-electron chi connectivity index (χ3n) is 11.2. The van der Waals surface area contributed by atoms with Crippen molar-refractivity contribution in [2.45, 2.75) is 130 Å². The van der Waals surface area contributed by atoms with Gasteiger partial charge in [-0.05, 0) is 134 Å². The van der Waals surface area contributed by atoms with Crippen LogP contribution in [0.4, 0.5) is 0 Å². The second-order valence-electron chi connectivity index (χ2n) is 17.8. The zero-order valence-corrected chi connectivity index (χ0v) is 36.6. The van der Waals surface area contributed by atoms with Crippen LogP contribution in [0, 0.1) is 23.7 Å². The van der Waals surface area contributed by atoms with Gasteiger partial charge in [0.15, 0.2) is 0 Å². The predicted octanol–water partition coefficient (Wildman–Crippen LogP) is 16.0. The molecule has 0 radical (unpaired) electrons. The van der Waals surface area contributed by atoms with Crippen LogP contribution in [0.1, 0.15) is 149 Å². The summed E-state index contributed by atoms with van der Waals surface area (Å²) in [5, 5.41) is 7.84. The number of thiophene rings is 2. The van der Waals surface area contributed by atoms with Gasteiger partial charge in [-0.1, -0.05) is 154 Å². The van der Waals surface area contributed by atoms with E-state index in [1.807, 2.05) is 22.7 Å². The maximum atomic E-state index is 3.73. The highest BCUT2D eigenvalue weighted by molar-refractivity contribution is 7.12. The summed E-state index contributed by atoms with van der Waals surface area (Å²) in [6, 6.07) is 32.5. The molecule has 0 aliphatic carbocycles. The van der Waals surface area contributed by atoms with E-state index in [0.29, 0.717) is 0 Å². The number of unbranched alkanes of at least 4 members (excludes halogenated alkanes) is 6. The zero-order valence-electron chi connectivity index (χ0n) is 35.0. The van der Waals surface area contributed by atoms with Crippen molar-refractivity contribution in [2.75, 3.05) is 0 Å². The highest BCUT2D eigenvalue weighted by atomic mass is 32.1. The summed E-state index contributed by atoms with van der Waals surface area (Å²) >= 11 is 3.70. The van der Waals surface area contributed by atoms with Crippen LogP contribution in [0.25, 0.3) is 43.4 Å². The van der Waals surface area contributed by atoms with Crippen LogP contribution in [0.5, 0.6) is 0 Å². The van der Waals surface area contributed by atoms with E-state index < -0.39 is 0 Å². The first-order valence-corrected chi connectivity index (χ1v) is 22.7. The van der Waals surface area contributed by atoms with Gasteiger partial charge in [0.1, 0.15) is 0 Å². The summed E-state index contributed by atoms with van der Waals surface area (Å²) in [7, 11) is 0. The van der Waals surface area contributed by atoms with Gasteiger partial charge in [-0.3, -0.25) is 0 Å². The van der Waals surface area contributed by atoms with Crippen LogP contribution in [-0.4, -0.2) is 0 Å². The molecule has 56 heavy (non-hydrogen) atoms. The first-order valence-electron chi connectivity index (χ1n) is 21.0. The molecule has 5 aromatic carbocycles. The Morgan fingerprint density at radius 2 is 0.857 bits per heavy atom. The van der Waals surface area contributed by atoms with Gasteiger partial charge in [0.05, 0.1) is 9.75 Å². The molecule has 0 atom stereocenters. The maximum absolute atomic E-state index is 3.73. The molecule has 0 aliphatic heterocycles. The molecular formula is C54H58S2. The zero-order chi connectivity index (χ0) is 39.5. The molecule has 0 amide bonds. The summed E-state index contributed by atoms with van der Waals surface area (Å²) in [5.74, 6) is 14.7. The molecule has 0 bridgehead atoms. The second-order valence-corrected chi connectivity index (χ2v) is 20.2. The van der Waals surface area contributed by atoms with E-state index in [0.717, 1.165) is 39.3 Å². The largest absolute Gasteiger partial charge is 0.132 e. The van der Waals surface area contributed by atoms with Gasteiger partial charge in [-0.2, -0.15) is 0 Å². The molecule has 7 rings (SSSR count). The normalized spacial score (nSPS) is 12.0. The molecule has 286 valence electrons. The van der Waals surface area contributed by atoms with Crippen LogP contribution < -0.4 is 0 Å². The Balaban J connectivity index is 1.38. The molecule has 0 spiro atoms. The van der Waals surface area contributed by atoms with Crippen LogP contribution >= 0.6 is 22.7 Å². The van der Waals surface area contributed by atoms with Crippen molar-refractivity contribution >= 4 is 55.0 Å². The minimum absolute atomic E-state index is 0.0616. The quantitative estimate of drug-likeness (QED) is 0.0698. The summed E-state index contributed by atoms with van der Waals surface area (Å²) in [6.07, 6.45) is 12.5. The molecule has 0 saturated carbocycles. The summed E-state index contributed by atoms with van der Waals surface area (Å²) in [5.41, 5.74) is 7.05. The summed E-state index contributed by atoms with van der Waals surface area (Å²) in [6.45, 7) is 18.3. The van der Waals surface area contributed by atoms with Crippen LogP contribution in [-0.2, 0) is 23.7 Å². The second kappa shape index (κ2) is 17.0. The van der Waals surface area contributed by atoms with E-state index in [1.54, 1.807) is 0 Å². The number of hydrogen-bond acceptors (Lipinski definition) is 2. The van der Waals surface area contributed by atoms with E-state index in [9.17, 15) is 0 Å². The molecule has 7 aromatic rings. The van der Waals surface area contributed by atoms with Crippen LogP contribution in [0.2, 0.25) is 0 Å². The monoisotopic (exact) mass is 770 g/mol. The molecule has 2 heterocycles. The smallest absolute Gasteiger partial charge is 0.0775 e. The number of hydrogen-bond donors (Lipinski definition) is 0. The van der Waals surface area contributed by atoms with E-state index in [1.165, 1.54) is 110 Å². The molecule has 2 heteroatoms. The Bertz CT molecular complexity index is 2430. The Morgan fingerprint density at radius 1 is 0.446 bits per heavy atom. The van der Waals surface area contributed by atoms with Crippen molar-refractivity contribution in [1.29, 1.82) is 0 Å². The van der Waals surface area contributed by atoms with Gasteiger partial charge in [0, 0.05) is 26.4 Å². The van der Waals surface area contributed by atoms with Crippen LogP contribution in [0.3, 0.4) is 0 Å². The van der Waals surface area contributed by atoms with E-state index in [4.69, 9.17) is 0 Å². The summed E-state index contributed by atoms with van der Waals surface area (Å²) < 4.78 is 0. The lowest BCUT2D eigenvalue weighted by Crippen LogP contribution is -2.12. The maximum Gasteiger partial charge on any atom is 0.0775 e. The molecule has 0 saturated heterocycles.